The number of hydrogen-bond donors (Lipinski definition) is 0. The van der Waals surface area contributed by atoms with Crippen LogP contribution in [-0.2, 0) is 0 Å². The molecule has 0 bridgehead atoms. The first-order valence-corrected chi connectivity index (χ1v) is 6.66. The third kappa shape index (κ3) is 1.99. The molecule has 0 radical (unpaired) electrons. The number of fused-ring (bicyclic) bond motifs is 3. The van der Waals surface area contributed by atoms with Crippen molar-refractivity contribution in [1.82, 2.24) is 19.3 Å². The third-order valence-electron chi connectivity index (χ3n) is 3.27. The van der Waals surface area contributed by atoms with Crippen molar-refractivity contribution in [1.29, 1.82) is 0 Å². The maximum atomic E-state index is 13.2. The van der Waals surface area contributed by atoms with Crippen LogP contribution in [0.3, 0.4) is 0 Å². The van der Waals surface area contributed by atoms with E-state index in [-0.39, 0.29) is 11.7 Å². The Bertz CT molecular complexity index is 900. The fraction of sp³-hybridized carbons (Fsp3) is 0.308. The van der Waals surface area contributed by atoms with Gasteiger partial charge in [0.15, 0.2) is 5.65 Å². The standard InChI is InChI=1S/C13H11ClF2N4O/c1-6(2)19-10-8-5-7(14)3-4-9(8)17-18-11(10)20(12(15)16)13(19)21/h3-6,12H,1-2H3. The van der Waals surface area contributed by atoms with E-state index >= 15 is 0 Å². The lowest BCUT2D eigenvalue weighted by Crippen LogP contribution is -2.26. The van der Waals surface area contributed by atoms with Gasteiger partial charge in [0.25, 0.3) is 0 Å². The minimum Gasteiger partial charge on any atom is -0.287 e. The molecular formula is C13H11ClF2N4O. The highest BCUT2D eigenvalue weighted by molar-refractivity contribution is 6.31. The van der Waals surface area contributed by atoms with Crippen LogP contribution in [0.25, 0.3) is 22.1 Å². The number of aromatic nitrogens is 4. The van der Waals surface area contributed by atoms with Gasteiger partial charge in [-0.15, -0.1) is 10.2 Å². The van der Waals surface area contributed by atoms with Gasteiger partial charge in [0.2, 0.25) is 0 Å². The average molecular weight is 313 g/mol. The first-order chi connectivity index (χ1) is 9.91. The van der Waals surface area contributed by atoms with Crippen LogP contribution in [0.5, 0.6) is 0 Å². The number of imidazole rings is 1. The van der Waals surface area contributed by atoms with Crippen molar-refractivity contribution >= 4 is 33.7 Å². The Morgan fingerprint density at radius 1 is 1.19 bits per heavy atom. The van der Waals surface area contributed by atoms with Gasteiger partial charge in [0, 0.05) is 16.5 Å². The number of nitrogens with zero attached hydrogens (tertiary/aromatic N) is 4. The van der Waals surface area contributed by atoms with Crippen LogP contribution < -0.4 is 5.69 Å². The van der Waals surface area contributed by atoms with Crippen LogP contribution in [0.4, 0.5) is 8.78 Å². The fourth-order valence-electron chi connectivity index (χ4n) is 2.41. The van der Waals surface area contributed by atoms with E-state index in [0.717, 1.165) is 0 Å². The molecule has 0 saturated carbocycles. The lowest BCUT2D eigenvalue weighted by atomic mass is 10.2. The molecule has 0 aliphatic rings. The van der Waals surface area contributed by atoms with Crippen molar-refractivity contribution in [3.8, 4) is 0 Å². The maximum Gasteiger partial charge on any atom is 0.335 e. The van der Waals surface area contributed by atoms with Crippen LogP contribution in [-0.4, -0.2) is 19.3 Å². The fourth-order valence-corrected chi connectivity index (χ4v) is 2.58. The normalized spacial score (nSPS) is 12.1. The number of hydrogen-bond acceptors (Lipinski definition) is 3. The van der Waals surface area contributed by atoms with Crippen LogP contribution in [0.15, 0.2) is 23.0 Å². The summed E-state index contributed by atoms with van der Waals surface area (Å²) in [5, 5.41) is 8.65. The quantitative estimate of drug-likeness (QED) is 0.729. The summed E-state index contributed by atoms with van der Waals surface area (Å²) in [6.45, 7) is 0.506. The molecule has 0 spiro atoms. The summed E-state index contributed by atoms with van der Waals surface area (Å²) in [6, 6.07) is 4.57. The summed E-state index contributed by atoms with van der Waals surface area (Å²) in [5.41, 5.74) is -0.134. The van der Waals surface area contributed by atoms with Crippen molar-refractivity contribution in [2.75, 3.05) is 0 Å². The Balaban J connectivity index is 2.61. The van der Waals surface area contributed by atoms with Gasteiger partial charge in [0.1, 0.15) is 5.52 Å². The lowest BCUT2D eigenvalue weighted by molar-refractivity contribution is 0.0694. The Hall–Kier alpha value is -2.02. The largest absolute Gasteiger partial charge is 0.335 e. The first kappa shape index (κ1) is 13.9. The van der Waals surface area contributed by atoms with E-state index in [1.54, 1.807) is 32.0 Å². The molecule has 3 rings (SSSR count). The summed E-state index contributed by atoms with van der Waals surface area (Å²) in [4.78, 5) is 12.2. The van der Waals surface area contributed by atoms with Crippen LogP contribution in [0.1, 0.15) is 26.4 Å². The summed E-state index contributed by atoms with van der Waals surface area (Å²) in [6.07, 6.45) is 0. The van der Waals surface area contributed by atoms with Gasteiger partial charge in [-0.1, -0.05) is 11.6 Å². The molecule has 2 heterocycles. The minimum absolute atomic E-state index is 0.140. The van der Waals surface area contributed by atoms with Gasteiger partial charge in [-0.05, 0) is 32.0 Å². The SMILES string of the molecule is CC(C)n1c(=O)n(C(F)F)c2nnc3ccc(Cl)cc3c21. The van der Waals surface area contributed by atoms with E-state index in [1.165, 1.54) is 4.57 Å². The molecule has 3 aromatic rings. The molecule has 5 nitrogen and oxygen atoms in total. The highest BCUT2D eigenvalue weighted by Gasteiger charge is 2.24. The molecular weight excluding hydrogens is 302 g/mol. The highest BCUT2D eigenvalue weighted by atomic mass is 35.5. The van der Waals surface area contributed by atoms with Crippen LogP contribution in [0, 0.1) is 0 Å². The van der Waals surface area contributed by atoms with E-state index in [0.29, 0.717) is 26.0 Å². The zero-order valence-corrected chi connectivity index (χ0v) is 12.0. The number of halogens is 3. The zero-order valence-electron chi connectivity index (χ0n) is 11.2. The highest BCUT2D eigenvalue weighted by Crippen LogP contribution is 2.27. The molecule has 0 N–H and O–H groups in total. The van der Waals surface area contributed by atoms with Gasteiger partial charge in [-0.25, -0.2) is 9.36 Å². The van der Waals surface area contributed by atoms with Gasteiger partial charge < -0.3 is 0 Å². The van der Waals surface area contributed by atoms with E-state index in [4.69, 9.17) is 11.6 Å². The molecule has 0 fully saturated rings. The predicted molar refractivity (Wildman–Crippen MR) is 75.9 cm³/mol. The maximum absolute atomic E-state index is 13.2. The van der Waals surface area contributed by atoms with Gasteiger partial charge in [0.05, 0.1) is 5.52 Å². The summed E-state index contributed by atoms with van der Waals surface area (Å²) in [5.74, 6) is 0. The van der Waals surface area contributed by atoms with Gasteiger partial charge >= 0.3 is 12.2 Å². The Kier molecular flexibility index (Phi) is 3.16. The van der Waals surface area contributed by atoms with E-state index in [1.807, 2.05) is 0 Å². The molecule has 8 heteroatoms. The summed E-state index contributed by atoms with van der Waals surface area (Å²) >= 11 is 5.97. The summed E-state index contributed by atoms with van der Waals surface area (Å²) in [7, 11) is 0. The molecule has 110 valence electrons. The Morgan fingerprint density at radius 3 is 2.52 bits per heavy atom. The molecule has 0 atom stereocenters. The van der Waals surface area contributed by atoms with E-state index < -0.39 is 12.2 Å². The molecule has 0 aliphatic heterocycles. The average Bonchev–Trinajstić information content (AvgIpc) is 2.71. The Labute approximate surface area is 122 Å². The third-order valence-corrected chi connectivity index (χ3v) is 3.51. The smallest absolute Gasteiger partial charge is 0.287 e. The second-order valence-corrected chi connectivity index (χ2v) is 5.36. The van der Waals surface area contributed by atoms with Crippen molar-refractivity contribution in [3.63, 3.8) is 0 Å². The van der Waals surface area contributed by atoms with Crippen LogP contribution in [0.2, 0.25) is 5.02 Å². The second kappa shape index (κ2) is 4.77. The van der Waals surface area contributed by atoms with Crippen LogP contribution >= 0.6 is 11.6 Å². The van der Waals surface area contributed by atoms with Crippen molar-refractivity contribution in [3.05, 3.63) is 33.7 Å². The van der Waals surface area contributed by atoms with Crippen molar-refractivity contribution < 1.29 is 8.78 Å². The zero-order chi connectivity index (χ0) is 15.3. The topological polar surface area (TPSA) is 52.7 Å². The molecule has 0 amide bonds. The van der Waals surface area contributed by atoms with Crippen molar-refractivity contribution in [2.45, 2.75) is 26.4 Å². The van der Waals surface area contributed by atoms with Gasteiger partial charge in [-0.3, -0.25) is 4.57 Å². The van der Waals surface area contributed by atoms with Gasteiger partial charge in [-0.2, -0.15) is 8.78 Å². The molecule has 21 heavy (non-hydrogen) atoms. The molecule has 0 unspecified atom stereocenters. The number of alkyl halides is 2. The minimum atomic E-state index is -2.98. The number of rotatable bonds is 2. The van der Waals surface area contributed by atoms with Crippen molar-refractivity contribution in [2.24, 2.45) is 0 Å². The van der Waals surface area contributed by atoms with E-state index in [9.17, 15) is 13.6 Å². The second-order valence-electron chi connectivity index (χ2n) is 4.93. The Morgan fingerprint density at radius 2 is 1.90 bits per heavy atom. The molecule has 0 saturated heterocycles. The number of benzene rings is 1. The summed E-state index contributed by atoms with van der Waals surface area (Å²) < 4.78 is 28.0. The molecule has 0 aliphatic carbocycles. The lowest BCUT2D eigenvalue weighted by Gasteiger charge is -2.08. The first-order valence-electron chi connectivity index (χ1n) is 6.28. The monoisotopic (exact) mass is 312 g/mol. The molecule has 2 aromatic heterocycles. The van der Waals surface area contributed by atoms with E-state index in [2.05, 4.69) is 10.2 Å². The predicted octanol–water partition coefficient (Wildman–Crippen LogP) is 3.38. The molecule has 1 aromatic carbocycles.